The summed E-state index contributed by atoms with van der Waals surface area (Å²) in [7, 11) is 0. The van der Waals surface area contributed by atoms with Crippen molar-refractivity contribution in [1.29, 1.82) is 0 Å². The smallest absolute Gasteiger partial charge is 0.151 e. The molecule has 19 heavy (non-hydrogen) atoms. The molecule has 0 atom stereocenters. The van der Waals surface area contributed by atoms with Gasteiger partial charge in [0.25, 0.3) is 0 Å². The van der Waals surface area contributed by atoms with Gasteiger partial charge in [0.2, 0.25) is 0 Å². The third kappa shape index (κ3) is 1.77. The predicted octanol–water partition coefficient (Wildman–Crippen LogP) is 2.93. The summed E-state index contributed by atoms with van der Waals surface area (Å²) in [5.74, 6) is 0.752. The van der Waals surface area contributed by atoms with Crippen LogP contribution >= 0.6 is 0 Å². The van der Waals surface area contributed by atoms with Crippen molar-refractivity contribution in [2.24, 2.45) is 5.73 Å². The monoisotopic (exact) mass is 259 g/mol. The summed E-state index contributed by atoms with van der Waals surface area (Å²) < 4.78 is 16.1. The molecule has 1 aromatic heterocycles. The lowest BCUT2D eigenvalue weighted by Crippen LogP contribution is -2.48. The predicted molar refractivity (Wildman–Crippen MR) is 72.4 cm³/mol. The molecule has 1 heterocycles. The molecule has 0 unspecified atom stereocenters. The quantitative estimate of drug-likeness (QED) is 0.921. The van der Waals surface area contributed by atoms with Gasteiger partial charge >= 0.3 is 0 Å². The standard InChI is InChI=1S/C15H18FN3/c16-11-3-1-4-12-14(11)18-13(19(12)10-5-6-10)9-15(17)7-2-8-15/h1,3-4,10H,2,5-9,17H2. The summed E-state index contributed by atoms with van der Waals surface area (Å²) in [5.41, 5.74) is 7.67. The Balaban J connectivity index is 1.84. The largest absolute Gasteiger partial charge is 0.325 e. The number of nitrogens with zero attached hydrogens (tertiary/aromatic N) is 2. The first-order valence-corrected chi connectivity index (χ1v) is 7.11. The first kappa shape index (κ1) is 11.4. The van der Waals surface area contributed by atoms with Crippen LogP contribution in [0.3, 0.4) is 0 Å². The van der Waals surface area contributed by atoms with Crippen LogP contribution in [-0.4, -0.2) is 15.1 Å². The highest BCUT2D eigenvalue weighted by Gasteiger charge is 2.36. The maximum atomic E-state index is 13.9. The third-order valence-corrected chi connectivity index (χ3v) is 4.52. The fourth-order valence-electron chi connectivity index (χ4n) is 3.12. The Kier molecular flexibility index (Phi) is 2.28. The lowest BCUT2D eigenvalue weighted by atomic mass is 9.75. The fraction of sp³-hybridized carbons (Fsp3) is 0.533. The van der Waals surface area contributed by atoms with E-state index in [2.05, 4.69) is 9.55 Å². The molecule has 0 radical (unpaired) electrons. The molecule has 0 spiro atoms. The minimum Gasteiger partial charge on any atom is -0.325 e. The van der Waals surface area contributed by atoms with E-state index in [1.54, 1.807) is 6.07 Å². The number of hydrogen-bond donors (Lipinski definition) is 1. The Labute approximate surface area is 111 Å². The van der Waals surface area contributed by atoms with E-state index >= 15 is 0 Å². The molecule has 4 heteroatoms. The van der Waals surface area contributed by atoms with Gasteiger partial charge in [-0.2, -0.15) is 0 Å². The van der Waals surface area contributed by atoms with Gasteiger partial charge < -0.3 is 10.3 Å². The summed E-state index contributed by atoms with van der Waals surface area (Å²) in [6.07, 6.45) is 6.44. The molecule has 2 aromatic rings. The van der Waals surface area contributed by atoms with Crippen LogP contribution < -0.4 is 5.73 Å². The molecule has 0 bridgehead atoms. The number of rotatable bonds is 3. The topological polar surface area (TPSA) is 43.8 Å². The number of fused-ring (bicyclic) bond motifs is 1. The van der Waals surface area contributed by atoms with Crippen molar-refractivity contribution >= 4 is 11.0 Å². The van der Waals surface area contributed by atoms with E-state index in [-0.39, 0.29) is 11.4 Å². The maximum absolute atomic E-state index is 13.9. The van der Waals surface area contributed by atoms with Gasteiger partial charge in [-0.25, -0.2) is 9.37 Å². The average molecular weight is 259 g/mol. The first-order valence-electron chi connectivity index (χ1n) is 7.11. The summed E-state index contributed by atoms with van der Waals surface area (Å²) in [6, 6.07) is 5.73. The fourth-order valence-corrected chi connectivity index (χ4v) is 3.12. The number of aromatic nitrogens is 2. The van der Waals surface area contributed by atoms with Gasteiger partial charge in [0.05, 0.1) is 5.52 Å². The summed E-state index contributed by atoms with van der Waals surface area (Å²) in [4.78, 5) is 4.55. The van der Waals surface area contributed by atoms with Crippen LogP contribution in [0.4, 0.5) is 4.39 Å². The van der Waals surface area contributed by atoms with Crippen LogP contribution in [0.15, 0.2) is 18.2 Å². The van der Waals surface area contributed by atoms with Gasteiger partial charge in [-0.1, -0.05) is 6.07 Å². The summed E-state index contributed by atoms with van der Waals surface area (Å²) in [6.45, 7) is 0. The summed E-state index contributed by atoms with van der Waals surface area (Å²) >= 11 is 0. The van der Waals surface area contributed by atoms with Crippen molar-refractivity contribution < 1.29 is 4.39 Å². The van der Waals surface area contributed by atoms with Crippen LogP contribution in [0.2, 0.25) is 0 Å². The highest BCUT2D eigenvalue weighted by Crippen LogP contribution is 2.41. The second-order valence-electron chi connectivity index (χ2n) is 6.13. The van der Waals surface area contributed by atoms with E-state index < -0.39 is 0 Å². The molecule has 3 nitrogen and oxygen atoms in total. The molecule has 100 valence electrons. The SMILES string of the molecule is NC1(Cc2nc3c(F)cccc3n2C2CC2)CCC1. The second-order valence-corrected chi connectivity index (χ2v) is 6.13. The molecule has 2 aliphatic carbocycles. The van der Waals surface area contributed by atoms with E-state index in [0.717, 1.165) is 30.6 Å². The van der Waals surface area contributed by atoms with Gasteiger partial charge in [-0.3, -0.25) is 0 Å². The Hall–Kier alpha value is -1.42. The van der Waals surface area contributed by atoms with E-state index in [9.17, 15) is 4.39 Å². The number of imidazole rings is 1. The summed E-state index contributed by atoms with van der Waals surface area (Å²) in [5, 5.41) is 0. The van der Waals surface area contributed by atoms with E-state index in [1.807, 2.05) is 6.07 Å². The molecular weight excluding hydrogens is 241 g/mol. The Morgan fingerprint density at radius 3 is 2.79 bits per heavy atom. The number of nitrogens with two attached hydrogens (primary N) is 1. The van der Waals surface area contributed by atoms with Gasteiger partial charge in [-0.05, 0) is 44.2 Å². The number of benzene rings is 1. The third-order valence-electron chi connectivity index (χ3n) is 4.52. The van der Waals surface area contributed by atoms with Crippen LogP contribution in [0.5, 0.6) is 0 Å². The van der Waals surface area contributed by atoms with E-state index in [4.69, 9.17) is 5.73 Å². The van der Waals surface area contributed by atoms with Crippen molar-refractivity contribution in [3.05, 3.63) is 29.8 Å². The van der Waals surface area contributed by atoms with Crippen molar-refractivity contribution in [3.8, 4) is 0 Å². The average Bonchev–Trinajstić information content (AvgIpc) is 3.10. The molecule has 2 N–H and O–H groups in total. The Morgan fingerprint density at radius 1 is 1.37 bits per heavy atom. The lowest BCUT2D eigenvalue weighted by Gasteiger charge is -2.37. The molecule has 2 fully saturated rings. The highest BCUT2D eigenvalue weighted by molar-refractivity contribution is 5.77. The van der Waals surface area contributed by atoms with E-state index in [0.29, 0.717) is 11.6 Å². The van der Waals surface area contributed by atoms with Gasteiger partial charge in [0.15, 0.2) is 5.82 Å². The van der Waals surface area contributed by atoms with Crippen molar-refractivity contribution in [3.63, 3.8) is 0 Å². The Bertz CT molecular complexity index is 638. The molecular formula is C15H18FN3. The molecule has 2 saturated carbocycles. The first-order chi connectivity index (χ1) is 9.16. The number of halogens is 1. The van der Waals surface area contributed by atoms with Crippen LogP contribution in [-0.2, 0) is 6.42 Å². The molecule has 1 aromatic carbocycles. The molecule has 0 aliphatic heterocycles. The van der Waals surface area contributed by atoms with Crippen LogP contribution in [0.1, 0.15) is 44.0 Å². The second kappa shape index (κ2) is 3.79. The maximum Gasteiger partial charge on any atom is 0.151 e. The normalized spacial score (nSPS) is 21.6. The van der Waals surface area contributed by atoms with Gasteiger partial charge in [0.1, 0.15) is 11.3 Å². The zero-order valence-electron chi connectivity index (χ0n) is 10.9. The lowest BCUT2D eigenvalue weighted by molar-refractivity contribution is 0.241. The number of hydrogen-bond acceptors (Lipinski definition) is 2. The van der Waals surface area contributed by atoms with Crippen molar-refractivity contribution in [2.75, 3.05) is 0 Å². The molecule has 4 rings (SSSR count). The van der Waals surface area contributed by atoms with Gasteiger partial charge in [-0.15, -0.1) is 0 Å². The minimum atomic E-state index is -0.224. The van der Waals surface area contributed by atoms with Crippen LogP contribution in [0.25, 0.3) is 11.0 Å². The van der Waals surface area contributed by atoms with E-state index in [1.165, 1.54) is 25.3 Å². The van der Waals surface area contributed by atoms with Crippen molar-refractivity contribution in [2.45, 2.75) is 50.1 Å². The molecule has 0 amide bonds. The zero-order chi connectivity index (χ0) is 13.0. The molecule has 0 saturated heterocycles. The van der Waals surface area contributed by atoms with Crippen molar-refractivity contribution in [1.82, 2.24) is 9.55 Å². The zero-order valence-corrected chi connectivity index (χ0v) is 10.9. The van der Waals surface area contributed by atoms with Gasteiger partial charge in [0, 0.05) is 18.0 Å². The van der Waals surface area contributed by atoms with Crippen LogP contribution in [0, 0.1) is 5.82 Å². The Morgan fingerprint density at radius 2 is 2.16 bits per heavy atom. The highest BCUT2D eigenvalue weighted by atomic mass is 19.1. The number of para-hydroxylation sites is 1. The minimum absolute atomic E-state index is 0.107. The molecule has 2 aliphatic rings.